The van der Waals surface area contributed by atoms with Crippen LogP contribution in [0.1, 0.15) is 19.3 Å². The van der Waals surface area contributed by atoms with E-state index >= 15 is 0 Å². The van der Waals surface area contributed by atoms with E-state index in [0.717, 1.165) is 39.3 Å². The molecular formula is C13H25F2N3. The van der Waals surface area contributed by atoms with Crippen LogP contribution in [0.15, 0.2) is 0 Å². The number of hydrogen-bond donors (Lipinski definition) is 1. The summed E-state index contributed by atoms with van der Waals surface area (Å²) in [5, 5.41) is 3.25. The number of halogens is 2. The molecule has 106 valence electrons. The van der Waals surface area contributed by atoms with Gasteiger partial charge in [-0.3, -0.25) is 0 Å². The van der Waals surface area contributed by atoms with Crippen LogP contribution in [0.5, 0.6) is 0 Å². The van der Waals surface area contributed by atoms with Crippen molar-refractivity contribution in [3.63, 3.8) is 0 Å². The zero-order chi connectivity index (χ0) is 13.0. The number of piperazine rings is 1. The fourth-order valence-corrected chi connectivity index (χ4v) is 2.88. The summed E-state index contributed by atoms with van der Waals surface area (Å²) < 4.78 is 28.3. The molecule has 0 atom stereocenters. The van der Waals surface area contributed by atoms with Crippen molar-refractivity contribution in [3.8, 4) is 0 Å². The van der Waals surface area contributed by atoms with Gasteiger partial charge in [0.25, 0.3) is 5.92 Å². The van der Waals surface area contributed by atoms with E-state index in [1.807, 2.05) is 7.05 Å². The molecule has 2 fully saturated rings. The van der Waals surface area contributed by atoms with Gasteiger partial charge in [-0.1, -0.05) is 0 Å². The number of rotatable bonds is 4. The Morgan fingerprint density at radius 3 is 2.33 bits per heavy atom. The molecule has 0 aliphatic carbocycles. The lowest BCUT2D eigenvalue weighted by molar-refractivity contribution is -0.0878. The number of nitrogens with zero attached hydrogens (tertiary/aromatic N) is 2. The van der Waals surface area contributed by atoms with Crippen LogP contribution in [0.3, 0.4) is 0 Å². The van der Waals surface area contributed by atoms with E-state index in [2.05, 4.69) is 15.1 Å². The molecule has 0 amide bonds. The fourth-order valence-electron chi connectivity index (χ4n) is 2.88. The van der Waals surface area contributed by atoms with Gasteiger partial charge in [0.1, 0.15) is 0 Å². The number of piperidine rings is 1. The molecule has 3 nitrogen and oxygen atoms in total. The van der Waals surface area contributed by atoms with Crippen molar-refractivity contribution < 1.29 is 8.78 Å². The topological polar surface area (TPSA) is 18.5 Å². The van der Waals surface area contributed by atoms with E-state index in [1.165, 1.54) is 0 Å². The highest BCUT2D eigenvalue weighted by Crippen LogP contribution is 2.35. The summed E-state index contributed by atoms with van der Waals surface area (Å²) in [5.74, 6) is -2.89. The summed E-state index contributed by atoms with van der Waals surface area (Å²) in [5.41, 5.74) is 0. The molecule has 0 aromatic rings. The summed E-state index contributed by atoms with van der Waals surface area (Å²) in [6.07, 6.45) is 1.32. The number of hydrogen-bond acceptors (Lipinski definition) is 3. The van der Waals surface area contributed by atoms with Gasteiger partial charge in [0.15, 0.2) is 0 Å². The second-order valence-corrected chi connectivity index (χ2v) is 5.68. The monoisotopic (exact) mass is 261 g/mol. The van der Waals surface area contributed by atoms with Gasteiger partial charge >= 0.3 is 0 Å². The van der Waals surface area contributed by atoms with Crippen LogP contribution in [0.2, 0.25) is 0 Å². The summed E-state index contributed by atoms with van der Waals surface area (Å²) in [6.45, 7) is 5.84. The Morgan fingerprint density at radius 1 is 1.11 bits per heavy atom. The first-order chi connectivity index (χ1) is 8.58. The standard InChI is InChI=1S/C13H25F2N3/c1-17-7-2-12(3-8-17)13(14,15)4-9-18-10-5-16-6-11-18/h12,16H,2-11H2,1H3. The Morgan fingerprint density at radius 2 is 1.72 bits per heavy atom. The Labute approximate surface area is 109 Å². The van der Waals surface area contributed by atoms with Crippen LogP contribution >= 0.6 is 0 Å². The van der Waals surface area contributed by atoms with Crippen LogP contribution in [0.4, 0.5) is 8.78 Å². The maximum absolute atomic E-state index is 14.1. The van der Waals surface area contributed by atoms with Gasteiger partial charge in [-0.05, 0) is 33.0 Å². The SMILES string of the molecule is CN1CCC(C(F)(F)CCN2CCNCC2)CC1. The van der Waals surface area contributed by atoms with Gasteiger partial charge in [-0.25, -0.2) is 8.78 Å². The van der Waals surface area contributed by atoms with E-state index in [-0.39, 0.29) is 6.42 Å². The summed E-state index contributed by atoms with van der Waals surface area (Å²) >= 11 is 0. The van der Waals surface area contributed by atoms with Crippen LogP contribution in [-0.4, -0.2) is 68.6 Å². The minimum Gasteiger partial charge on any atom is -0.314 e. The minimum absolute atomic E-state index is 0.0291. The highest BCUT2D eigenvalue weighted by atomic mass is 19.3. The van der Waals surface area contributed by atoms with E-state index in [9.17, 15) is 8.78 Å². The van der Waals surface area contributed by atoms with Crippen LogP contribution in [0, 0.1) is 5.92 Å². The van der Waals surface area contributed by atoms with Gasteiger partial charge in [-0.2, -0.15) is 0 Å². The van der Waals surface area contributed by atoms with E-state index in [4.69, 9.17) is 0 Å². The molecule has 2 rings (SSSR count). The third kappa shape index (κ3) is 3.87. The van der Waals surface area contributed by atoms with Crippen molar-refractivity contribution in [1.82, 2.24) is 15.1 Å². The van der Waals surface area contributed by atoms with Crippen LogP contribution in [0.25, 0.3) is 0 Å². The normalized spacial score (nSPS) is 25.5. The molecule has 5 heteroatoms. The molecular weight excluding hydrogens is 236 g/mol. The number of nitrogens with one attached hydrogen (secondary N) is 1. The molecule has 0 unspecified atom stereocenters. The zero-order valence-corrected chi connectivity index (χ0v) is 11.3. The van der Waals surface area contributed by atoms with Crippen molar-refractivity contribution in [2.75, 3.05) is 52.9 Å². The smallest absolute Gasteiger partial charge is 0.252 e. The lowest BCUT2D eigenvalue weighted by atomic mass is 9.88. The molecule has 0 saturated carbocycles. The molecule has 0 radical (unpaired) electrons. The molecule has 1 N–H and O–H groups in total. The van der Waals surface area contributed by atoms with Gasteiger partial charge < -0.3 is 15.1 Å². The second-order valence-electron chi connectivity index (χ2n) is 5.68. The van der Waals surface area contributed by atoms with E-state index < -0.39 is 11.8 Å². The molecule has 18 heavy (non-hydrogen) atoms. The highest BCUT2D eigenvalue weighted by Gasteiger charge is 2.40. The Hall–Kier alpha value is -0.260. The van der Waals surface area contributed by atoms with Gasteiger partial charge in [0.05, 0.1) is 0 Å². The predicted octanol–water partition coefficient (Wildman–Crippen LogP) is 1.26. The Kier molecular flexibility index (Phi) is 4.92. The summed E-state index contributed by atoms with van der Waals surface area (Å²) in [6, 6.07) is 0. The molecule has 0 spiro atoms. The van der Waals surface area contributed by atoms with Crippen molar-refractivity contribution in [2.24, 2.45) is 5.92 Å². The van der Waals surface area contributed by atoms with Gasteiger partial charge in [-0.15, -0.1) is 0 Å². The number of alkyl halides is 2. The summed E-state index contributed by atoms with van der Waals surface area (Å²) in [4.78, 5) is 4.29. The van der Waals surface area contributed by atoms with E-state index in [1.54, 1.807) is 0 Å². The second kappa shape index (κ2) is 6.26. The molecule has 2 aliphatic heterocycles. The van der Waals surface area contributed by atoms with Crippen LogP contribution in [-0.2, 0) is 0 Å². The van der Waals surface area contributed by atoms with E-state index in [0.29, 0.717) is 19.4 Å². The van der Waals surface area contributed by atoms with Gasteiger partial charge in [0, 0.05) is 45.1 Å². The molecule has 2 aliphatic rings. The van der Waals surface area contributed by atoms with Crippen LogP contribution < -0.4 is 5.32 Å². The quantitative estimate of drug-likeness (QED) is 0.822. The largest absolute Gasteiger partial charge is 0.314 e. The molecule has 0 bridgehead atoms. The Bertz CT molecular complexity index is 247. The average Bonchev–Trinajstić information content (AvgIpc) is 2.38. The minimum atomic E-state index is -2.48. The molecule has 2 heterocycles. The fraction of sp³-hybridized carbons (Fsp3) is 1.00. The Balaban J connectivity index is 1.75. The predicted molar refractivity (Wildman–Crippen MR) is 69.1 cm³/mol. The highest BCUT2D eigenvalue weighted by molar-refractivity contribution is 4.83. The van der Waals surface area contributed by atoms with Crippen molar-refractivity contribution in [1.29, 1.82) is 0 Å². The van der Waals surface area contributed by atoms with Crippen molar-refractivity contribution in [2.45, 2.75) is 25.2 Å². The lowest BCUT2D eigenvalue weighted by Gasteiger charge is -2.35. The van der Waals surface area contributed by atoms with Crippen molar-refractivity contribution in [3.05, 3.63) is 0 Å². The molecule has 0 aromatic heterocycles. The first-order valence-electron chi connectivity index (χ1n) is 7.07. The maximum Gasteiger partial charge on any atom is 0.252 e. The third-order valence-corrected chi connectivity index (χ3v) is 4.29. The van der Waals surface area contributed by atoms with Crippen molar-refractivity contribution >= 4 is 0 Å². The number of likely N-dealkylation sites (tertiary alicyclic amines) is 1. The summed E-state index contributed by atoms with van der Waals surface area (Å²) in [7, 11) is 2.01. The molecule has 0 aromatic carbocycles. The average molecular weight is 261 g/mol. The first-order valence-corrected chi connectivity index (χ1v) is 7.07. The molecule has 2 saturated heterocycles. The maximum atomic E-state index is 14.1. The lowest BCUT2D eigenvalue weighted by Crippen LogP contribution is -2.46. The third-order valence-electron chi connectivity index (χ3n) is 4.29. The zero-order valence-electron chi connectivity index (χ0n) is 11.3. The van der Waals surface area contributed by atoms with Gasteiger partial charge in [0.2, 0.25) is 0 Å². The first kappa shape index (κ1) is 14.2.